The van der Waals surface area contributed by atoms with Crippen molar-refractivity contribution in [2.24, 2.45) is 0 Å². The van der Waals surface area contributed by atoms with Crippen LogP contribution in [0.5, 0.6) is 0 Å². The third-order valence-electron chi connectivity index (χ3n) is 9.53. The first-order valence-electron chi connectivity index (χ1n) is 18.2. The van der Waals surface area contributed by atoms with E-state index in [0.29, 0.717) is 16.8 Å². The fraction of sp³-hybridized carbons (Fsp3) is 0.441. The summed E-state index contributed by atoms with van der Waals surface area (Å²) in [6.07, 6.45) is -9.14. The number of nitrogens with one attached hydrogen (secondary N) is 1. The Labute approximate surface area is 340 Å². The summed E-state index contributed by atoms with van der Waals surface area (Å²) in [5.41, 5.74) is 1.59. The number of hydrogen-bond donors (Lipinski definition) is 1. The number of carbonyl (C=O) groups excluding carboxylic acids is 1. The third kappa shape index (κ3) is 8.36. The van der Waals surface area contributed by atoms with Gasteiger partial charge in [0, 0.05) is 5.56 Å². The first kappa shape index (κ1) is 41.8. The van der Waals surface area contributed by atoms with Crippen molar-refractivity contribution in [2.45, 2.75) is 69.0 Å². The van der Waals surface area contributed by atoms with E-state index >= 15 is 8.78 Å². The van der Waals surface area contributed by atoms with E-state index in [1.807, 2.05) is 12.1 Å². The molecule has 0 spiro atoms. The van der Waals surface area contributed by atoms with Crippen LogP contribution in [0.15, 0.2) is 55.6 Å². The number of benzene rings is 1. The third-order valence-corrected chi connectivity index (χ3v) is 12.6. The predicted molar refractivity (Wildman–Crippen MR) is 202 cm³/mol. The van der Waals surface area contributed by atoms with Gasteiger partial charge in [0.15, 0.2) is 53.5 Å². The van der Waals surface area contributed by atoms with Crippen molar-refractivity contribution in [2.75, 3.05) is 31.7 Å². The van der Waals surface area contributed by atoms with Crippen molar-refractivity contribution in [3.63, 3.8) is 0 Å². The normalized spacial score (nSPS) is 30.8. The summed E-state index contributed by atoms with van der Waals surface area (Å²) in [5, 5.41) is 21.1. The van der Waals surface area contributed by atoms with E-state index in [9.17, 15) is 19.9 Å². The lowest BCUT2D eigenvalue weighted by atomic mass is 10.1. The lowest BCUT2D eigenvalue weighted by Crippen LogP contribution is -2.38. The summed E-state index contributed by atoms with van der Waals surface area (Å²) < 4.78 is 97.6. The molecular weight excluding hydrogens is 833 g/mol. The van der Waals surface area contributed by atoms with Crippen LogP contribution in [0.4, 0.5) is 14.6 Å². The molecule has 1 amide bonds. The van der Waals surface area contributed by atoms with E-state index in [0.717, 1.165) is 6.33 Å². The lowest BCUT2D eigenvalue weighted by molar-refractivity contribution is -0.0666. The van der Waals surface area contributed by atoms with Crippen LogP contribution in [0, 0.1) is 29.6 Å². The van der Waals surface area contributed by atoms with Crippen molar-refractivity contribution in [3.8, 4) is 12.1 Å². The van der Waals surface area contributed by atoms with Crippen LogP contribution in [0.1, 0.15) is 41.3 Å². The number of anilines is 1. The molecule has 3 saturated heterocycles. The molecule has 2 radical (unpaired) electrons. The summed E-state index contributed by atoms with van der Waals surface area (Å²) in [7, 11) is -2.43. The van der Waals surface area contributed by atoms with Crippen LogP contribution in [0.3, 0.4) is 0 Å². The second-order valence-electron chi connectivity index (χ2n) is 13.4. The summed E-state index contributed by atoms with van der Waals surface area (Å²) in [5.74, 6) is -0.469. The number of imidazole rings is 2. The molecule has 7 heterocycles. The Bertz CT molecular complexity index is 2500. The number of amides is 1. The van der Waals surface area contributed by atoms with Gasteiger partial charge in [-0.3, -0.25) is 27.5 Å². The summed E-state index contributed by atoms with van der Waals surface area (Å²) in [6.45, 7) is -0.487. The molecule has 3 aliphatic heterocycles. The van der Waals surface area contributed by atoms with E-state index in [-0.39, 0.29) is 42.1 Å². The predicted octanol–water partition coefficient (Wildman–Crippen LogP) is 4.33. The number of aryl methyl sites for hydroxylation is 1. The van der Waals surface area contributed by atoms with Gasteiger partial charge in [-0.2, -0.15) is 24.1 Å². The zero-order chi connectivity index (χ0) is 42.0. The van der Waals surface area contributed by atoms with Gasteiger partial charge in [0.1, 0.15) is 49.7 Å². The highest BCUT2D eigenvalue weighted by Crippen LogP contribution is 2.62. The molecule has 3 aliphatic rings. The molecule has 310 valence electrons. The molecule has 0 saturated carbocycles. The number of nitrogens with zero attached hydrogens (tertiary/aromatic N) is 10. The maximum atomic E-state index is 16.9. The highest BCUT2D eigenvalue weighted by atomic mass is 31.2. The fourth-order valence-electron chi connectivity index (χ4n) is 6.69. The van der Waals surface area contributed by atoms with Gasteiger partial charge < -0.3 is 14.8 Å². The Morgan fingerprint density at radius 1 is 0.917 bits per heavy atom. The van der Waals surface area contributed by atoms with Crippen molar-refractivity contribution >= 4 is 57.3 Å². The number of fused-ring (bicyclic) bond motifs is 4. The van der Waals surface area contributed by atoms with Crippen molar-refractivity contribution in [1.29, 1.82) is 10.5 Å². The molecule has 0 aliphatic carbocycles. The van der Waals surface area contributed by atoms with E-state index in [4.69, 9.17) is 44.2 Å². The lowest BCUT2D eigenvalue weighted by Gasteiger charge is -2.30. The van der Waals surface area contributed by atoms with Crippen LogP contribution in [-0.2, 0) is 41.2 Å². The smallest absolute Gasteiger partial charge is 0.346 e. The molecule has 60 heavy (non-hydrogen) atoms. The average molecular weight is 866 g/mol. The molecule has 10 atom stereocenters. The molecule has 5 aromatic rings. The minimum atomic E-state index is -4.87. The van der Waals surface area contributed by atoms with Gasteiger partial charge in [0.25, 0.3) is 5.91 Å². The van der Waals surface area contributed by atoms with E-state index < -0.39 is 90.6 Å². The summed E-state index contributed by atoms with van der Waals surface area (Å²) in [6, 6.07) is 12.1. The topological polar surface area (TPSA) is 255 Å². The number of ether oxygens (including phenoxy) is 2. The van der Waals surface area contributed by atoms with Gasteiger partial charge in [-0.1, -0.05) is 18.2 Å². The number of rotatable bonds is 10. The van der Waals surface area contributed by atoms with Crippen LogP contribution >= 0.6 is 15.6 Å². The Morgan fingerprint density at radius 3 is 2.27 bits per heavy atom. The van der Waals surface area contributed by atoms with Gasteiger partial charge >= 0.3 is 23.2 Å². The molecule has 2 unspecified atom stereocenters. The van der Waals surface area contributed by atoms with Crippen LogP contribution in [0.2, 0.25) is 0 Å². The van der Waals surface area contributed by atoms with E-state index in [2.05, 4.69) is 35.2 Å². The number of hydrogen-bond acceptors (Lipinski definition) is 18. The first-order valence-corrected chi connectivity index (χ1v) is 21.3. The second kappa shape index (κ2) is 17.6. The Morgan fingerprint density at radius 2 is 1.55 bits per heavy atom. The molecule has 26 heteroatoms. The van der Waals surface area contributed by atoms with Crippen LogP contribution in [-0.4, -0.2) is 116 Å². The van der Waals surface area contributed by atoms with Crippen LogP contribution < -0.4 is 5.32 Å². The maximum absolute atomic E-state index is 16.9. The highest BCUT2D eigenvalue weighted by molar-refractivity contribution is 7.85. The van der Waals surface area contributed by atoms with Crippen molar-refractivity contribution < 1.29 is 54.8 Å². The average Bonchev–Trinajstić information content (AvgIpc) is 4.01. The van der Waals surface area contributed by atoms with E-state index in [1.54, 1.807) is 37.3 Å². The Hall–Kier alpha value is -4.97. The maximum Gasteiger partial charge on any atom is 0.488 e. The molecule has 0 bridgehead atoms. The molecule has 1 aromatic carbocycles. The largest absolute Gasteiger partial charge is 0.488 e. The molecular formula is C34H33BF2N11O10P2+. The highest BCUT2D eigenvalue weighted by Gasteiger charge is 2.58. The molecule has 8 rings (SSSR count). The SMILES string of the molecule is [B][P+]1(OCCC#N)OC[C@H]2O[C@@H](n3cnc4c(NC(=O)c5ccccc5)ncnc43)[C@H](F)[C@@H]2OP(=O)(OCCC#N)OC[C@H]2O[C@@H](n3cnc4c(C)ncnc43)[C@H](F)[C@@H]2O1. The first-order chi connectivity index (χ1) is 29.0. The summed E-state index contributed by atoms with van der Waals surface area (Å²) in [4.78, 5) is 38.3. The number of phosphoric acid groups is 1. The summed E-state index contributed by atoms with van der Waals surface area (Å²) >= 11 is 0. The van der Waals surface area contributed by atoms with E-state index in [1.165, 1.54) is 28.1 Å². The van der Waals surface area contributed by atoms with Crippen molar-refractivity contribution in [1.82, 2.24) is 39.0 Å². The number of phosphoric ester groups is 1. The van der Waals surface area contributed by atoms with Crippen LogP contribution in [0.25, 0.3) is 22.3 Å². The molecule has 4 aromatic heterocycles. The minimum absolute atomic E-state index is 0.0195. The molecule has 3 fully saturated rings. The van der Waals surface area contributed by atoms with Gasteiger partial charge in [-0.05, 0) is 19.1 Å². The Kier molecular flexibility index (Phi) is 12.2. The van der Waals surface area contributed by atoms with Gasteiger partial charge in [-0.25, -0.2) is 43.2 Å². The second-order valence-corrected chi connectivity index (χ2v) is 16.8. The fourth-order valence-corrected chi connectivity index (χ4v) is 9.57. The van der Waals surface area contributed by atoms with Crippen molar-refractivity contribution in [3.05, 3.63) is 66.9 Å². The zero-order valence-corrected chi connectivity index (χ0v) is 33.1. The Balaban J connectivity index is 1.11. The quantitative estimate of drug-likeness (QED) is 0.116. The number of alkyl halides is 2. The number of halogens is 2. The zero-order valence-electron chi connectivity index (χ0n) is 31.3. The number of aromatic nitrogens is 8. The molecule has 1 N–H and O–H groups in total. The standard InChI is InChI=1S/C34H33BF2N11O10P2/c1-19-25-30(42-15-40-19)47(17-44-25)33-23(36)27-22(56-33)14-54-60(50,52-12-6-10-39)58-28-21(13-53-59(35,57-27)51-11-5-9-38)55-34(24(28)37)48-18-45-26-29(41-16-43-31(26)48)46-32(49)20-7-3-2-4-8-20/h2-4,7-8,15-18,21-24,27-28,33-34H,5-6,11-14H2,1H3,(H,41,43,46,49)/q+1/t21-,22-,23-,24-,27-,28-,33-,34-,59?,60?/m1/s1. The van der Waals surface area contributed by atoms with Gasteiger partial charge in [0.2, 0.25) is 0 Å². The molecule has 21 nitrogen and oxygen atoms in total. The number of carbonyl (C=O) groups is 1. The van der Waals surface area contributed by atoms with Gasteiger partial charge in [0.05, 0.1) is 56.5 Å². The van der Waals surface area contributed by atoms with Gasteiger partial charge in [-0.15, -0.1) is 0 Å². The monoisotopic (exact) mass is 866 g/mol. The number of nitriles is 2. The minimum Gasteiger partial charge on any atom is -0.346 e.